The number of carbonyl (C=O) groups excluding carboxylic acids is 2. The molecule has 2 aromatic carbocycles. The molecule has 2 aromatic rings. The Morgan fingerprint density at radius 3 is 2.61 bits per heavy atom. The molecule has 1 aliphatic rings. The summed E-state index contributed by atoms with van der Waals surface area (Å²) in [6.45, 7) is 5.39. The molecule has 0 saturated carbocycles. The zero-order chi connectivity index (χ0) is 23.6. The number of hydrogen-bond donors (Lipinski definition) is 2. The predicted octanol–water partition coefficient (Wildman–Crippen LogP) is 3.99. The summed E-state index contributed by atoms with van der Waals surface area (Å²) in [6.07, 6.45) is 4.02. The molecule has 2 amide bonds. The lowest BCUT2D eigenvalue weighted by molar-refractivity contribution is -0.384. The summed E-state index contributed by atoms with van der Waals surface area (Å²) in [5.41, 5.74) is 1.80. The minimum Gasteiger partial charge on any atom is -0.382 e. The van der Waals surface area contributed by atoms with Crippen molar-refractivity contribution in [2.75, 3.05) is 43.1 Å². The highest BCUT2D eigenvalue weighted by Crippen LogP contribution is 2.28. The van der Waals surface area contributed by atoms with Crippen LogP contribution in [-0.4, -0.2) is 49.6 Å². The number of ether oxygens (including phenoxy) is 1. The van der Waals surface area contributed by atoms with Crippen LogP contribution in [0.3, 0.4) is 0 Å². The Bertz CT molecular complexity index is 989. The van der Waals surface area contributed by atoms with E-state index in [4.69, 9.17) is 4.74 Å². The number of non-ortho nitro benzene ring substituents is 1. The highest BCUT2D eigenvalue weighted by Gasteiger charge is 2.20. The van der Waals surface area contributed by atoms with Crippen LogP contribution in [-0.2, 0) is 4.74 Å². The fraction of sp³-hybridized carbons (Fsp3) is 0.417. The van der Waals surface area contributed by atoms with E-state index in [-0.39, 0.29) is 17.2 Å². The molecule has 9 nitrogen and oxygen atoms in total. The van der Waals surface area contributed by atoms with E-state index in [0.717, 1.165) is 31.6 Å². The monoisotopic (exact) mass is 454 g/mol. The van der Waals surface area contributed by atoms with Crippen LogP contribution in [0.4, 0.5) is 17.1 Å². The number of nitrogens with one attached hydrogen (secondary N) is 2. The van der Waals surface area contributed by atoms with E-state index in [1.165, 1.54) is 30.7 Å². The van der Waals surface area contributed by atoms with Gasteiger partial charge >= 0.3 is 0 Å². The molecule has 176 valence electrons. The van der Waals surface area contributed by atoms with Crippen molar-refractivity contribution in [3.05, 3.63) is 63.7 Å². The molecule has 2 N–H and O–H groups in total. The van der Waals surface area contributed by atoms with Crippen molar-refractivity contribution in [3.8, 4) is 0 Å². The Morgan fingerprint density at radius 2 is 1.88 bits per heavy atom. The summed E-state index contributed by atoms with van der Waals surface area (Å²) in [6, 6.07) is 10.8. The molecule has 1 heterocycles. The molecule has 0 aliphatic carbocycles. The van der Waals surface area contributed by atoms with Gasteiger partial charge in [-0.1, -0.05) is 6.07 Å². The number of nitrogens with zero attached hydrogens (tertiary/aromatic N) is 2. The maximum absolute atomic E-state index is 13.0. The summed E-state index contributed by atoms with van der Waals surface area (Å²) in [7, 11) is 0. The third-order valence-electron chi connectivity index (χ3n) is 5.47. The smallest absolute Gasteiger partial charge is 0.270 e. The zero-order valence-electron chi connectivity index (χ0n) is 18.8. The van der Waals surface area contributed by atoms with E-state index in [9.17, 15) is 19.7 Å². The zero-order valence-corrected chi connectivity index (χ0v) is 18.8. The van der Waals surface area contributed by atoms with Gasteiger partial charge in [0.2, 0.25) is 0 Å². The Hall–Kier alpha value is -3.46. The van der Waals surface area contributed by atoms with Crippen molar-refractivity contribution >= 4 is 28.9 Å². The number of nitro groups is 1. The highest BCUT2D eigenvalue weighted by molar-refractivity contribution is 6.06. The fourth-order valence-electron chi connectivity index (χ4n) is 3.79. The molecular weight excluding hydrogens is 424 g/mol. The highest BCUT2D eigenvalue weighted by atomic mass is 16.6. The molecular formula is C24H30N4O5. The molecule has 1 aliphatic heterocycles. The van der Waals surface area contributed by atoms with Gasteiger partial charge < -0.3 is 20.3 Å². The first-order valence-electron chi connectivity index (χ1n) is 11.3. The molecule has 3 rings (SSSR count). The van der Waals surface area contributed by atoms with Crippen LogP contribution in [0, 0.1) is 10.1 Å². The second-order valence-electron chi connectivity index (χ2n) is 7.85. The first kappa shape index (κ1) is 24.2. The van der Waals surface area contributed by atoms with Gasteiger partial charge in [-0.15, -0.1) is 0 Å². The lowest BCUT2D eigenvalue weighted by Crippen LogP contribution is -2.33. The minimum atomic E-state index is -0.543. The van der Waals surface area contributed by atoms with E-state index in [0.29, 0.717) is 37.4 Å². The van der Waals surface area contributed by atoms with Gasteiger partial charge in [0, 0.05) is 61.9 Å². The van der Waals surface area contributed by atoms with Gasteiger partial charge in [-0.05, 0) is 56.9 Å². The third-order valence-corrected chi connectivity index (χ3v) is 5.47. The van der Waals surface area contributed by atoms with Crippen molar-refractivity contribution in [3.63, 3.8) is 0 Å². The van der Waals surface area contributed by atoms with Crippen molar-refractivity contribution in [2.24, 2.45) is 0 Å². The van der Waals surface area contributed by atoms with Crippen molar-refractivity contribution in [1.29, 1.82) is 0 Å². The van der Waals surface area contributed by atoms with Gasteiger partial charge in [-0.3, -0.25) is 19.7 Å². The first-order chi connectivity index (χ1) is 16.0. The summed E-state index contributed by atoms with van der Waals surface area (Å²) in [4.78, 5) is 38.3. The Kier molecular flexibility index (Phi) is 8.77. The van der Waals surface area contributed by atoms with E-state index in [1.807, 2.05) is 13.0 Å². The maximum atomic E-state index is 13.0. The number of benzene rings is 2. The van der Waals surface area contributed by atoms with Crippen LogP contribution in [0.2, 0.25) is 0 Å². The van der Waals surface area contributed by atoms with Crippen LogP contribution >= 0.6 is 0 Å². The predicted molar refractivity (Wildman–Crippen MR) is 127 cm³/mol. The van der Waals surface area contributed by atoms with Gasteiger partial charge in [-0.2, -0.15) is 0 Å². The van der Waals surface area contributed by atoms with Gasteiger partial charge in [0.25, 0.3) is 17.5 Å². The average molecular weight is 455 g/mol. The number of hydrogen-bond acceptors (Lipinski definition) is 6. The Morgan fingerprint density at radius 1 is 1.09 bits per heavy atom. The van der Waals surface area contributed by atoms with Crippen molar-refractivity contribution in [1.82, 2.24) is 5.32 Å². The molecule has 0 aromatic heterocycles. The van der Waals surface area contributed by atoms with E-state index in [1.54, 1.807) is 12.1 Å². The molecule has 33 heavy (non-hydrogen) atoms. The van der Waals surface area contributed by atoms with Crippen LogP contribution in [0.1, 0.15) is 53.3 Å². The number of piperidine rings is 1. The second kappa shape index (κ2) is 12.0. The molecule has 0 spiro atoms. The van der Waals surface area contributed by atoms with Crippen molar-refractivity contribution in [2.45, 2.75) is 32.6 Å². The number of anilines is 2. The van der Waals surface area contributed by atoms with Crippen LogP contribution < -0.4 is 15.5 Å². The lowest BCUT2D eigenvalue weighted by atomic mass is 10.1. The lowest BCUT2D eigenvalue weighted by Gasteiger charge is -2.30. The standard InChI is InChI=1S/C24H30N4O5/c1-2-33-15-7-12-25-24(30)21-17-19(10-11-22(21)27-13-4-3-5-14-27)26-23(29)18-8-6-9-20(16-18)28(31)32/h6,8-11,16-17H,2-5,7,12-15H2,1H3,(H,25,30)(H,26,29). The first-order valence-corrected chi connectivity index (χ1v) is 11.3. The van der Waals surface area contributed by atoms with Crippen LogP contribution in [0.5, 0.6) is 0 Å². The fourth-order valence-corrected chi connectivity index (χ4v) is 3.79. The largest absolute Gasteiger partial charge is 0.382 e. The van der Waals surface area contributed by atoms with Gasteiger partial charge in [0.15, 0.2) is 0 Å². The summed E-state index contributed by atoms with van der Waals surface area (Å²) in [5.74, 6) is -0.689. The second-order valence-corrected chi connectivity index (χ2v) is 7.85. The normalized spacial score (nSPS) is 13.4. The molecule has 1 fully saturated rings. The topological polar surface area (TPSA) is 114 Å². The van der Waals surface area contributed by atoms with E-state index in [2.05, 4.69) is 15.5 Å². The summed E-state index contributed by atoms with van der Waals surface area (Å²) < 4.78 is 5.32. The minimum absolute atomic E-state index is 0.157. The molecule has 9 heteroatoms. The summed E-state index contributed by atoms with van der Waals surface area (Å²) in [5, 5.41) is 16.7. The maximum Gasteiger partial charge on any atom is 0.270 e. The Labute approximate surface area is 193 Å². The van der Waals surface area contributed by atoms with E-state index < -0.39 is 10.8 Å². The third kappa shape index (κ3) is 6.76. The average Bonchev–Trinajstić information content (AvgIpc) is 2.84. The van der Waals surface area contributed by atoms with E-state index >= 15 is 0 Å². The SMILES string of the molecule is CCOCCCNC(=O)c1cc(NC(=O)c2cccc([N+](=O)[O-])c2)ccc1N1CCCCC1. The number of amides is 2. The molecule has 0 bridgehead atoms. The summed E-state index contributed by atoms with van der Waals surface area (Å²) >= 11 is 0. The van der Waals surface area contributed by atoms with Crippen LogP contribution in [0.15, 0.2) is 42.5 Å². The number of carbonyl (C=O) groups is 2. The van der Waals surface area contributed by atoms with Crippen LogP contribution in [0.25, 0.3) is 0 Å². The molecule has 0 atom stereocenters. The molecule has 0 unspecified atom stereocenters. The number of nitro benzene ring substituents is 1. The van der Waals surface area contributed by atoms with Gasteiger partial charge in [0.1, 0.15) is 0 Å². The Balaban J connectivity index is 1.78. The quantitative estimate of drug-likeness (QED) is 0.319. The number of rotatable bonds is 10. The van der Waals surface area contributed by atoms with Gasteiger partial charge in [-0.25, -0.2) is 0 Å². The van der Waals surface area contributed by atoms with Gasteiger partial charge in [0.05, 0.1) is 10.5 Å². The molecule has 1 saturated heterocycles. The molecule has 0 radical (unpaired) electrons. The van der Waals surface area contributed by atoms with Crippen molar-refractivity contribution < 1.29 is 19.2 Å².